The van der Waals surface area contributed by atoms with Crippen molar-refractivity contribution in [1.82, 2.24) is 23.7 Å². The fourth-order valence-electron chi connectivity index (χ4n) is 3.07. The molecule has 9 nitrogen and oxygen atoms in total. The molecule has 0 radical (unpaired) electrons. The first-order valence-corrected chi connectivity index (χ1v) is 8.95. The predicted molar refractivity (Wildman–Crippen MR) is 111 cm³/mol. The maximum absolute atomic E-state index is 13.0. The van der Waals surface area contributed by atoms with Crippen LogP contribution in [0.25, 0.3) is 11.2 Å². The number of hydrogen-bond acceptors (Lipinski definition) is 6. The molecule has 0 atom stereocenters. The number of aryl methyl sites for hydroxylation is 2. The molecule has 0 fully saturated rings. The number of nitrogens with zero attached hydrogens (tertiary/aromatic N) is 6. The number of rotatable bonds is 5. The summed E-state index contributed by atoms with van der Waals surface area (Å²) in [5, 5.41) is 4.15. The van der Waals surface area contributed by atoms with Gasteiger partial charge in [0.1, 0.15) is 0 Å². The van der Waals surface area contributed by atoms with E-state index in [2.05, 4.69) is 20.5 Å². The zero-order chi connectivity index (χ0) is 20.4. The van der Waals surface area contributed by atoms with Gasteiger partial charge in [0.15, 0.2) is 11.2 Å². The summed E-state index contributed by atoms with van der Waals surface area (Å²) >= 11 is 0. The fourth-order valence-corrected chi connectivity index (χ4v) is 3.07. The van der Waals surface area contributed by atoms with Crippen LogP contribution in [0.1, 0.15) is 11.1 Å². The number of fused-ring (bicyclic) bond motifs is 1. The highest BCUT2D eigenvalue weighted by Crippen LogP contribution is 2.13. The van der Waals surface area contributed by atoms with E-state index in [1.54, 1.807) is 43.3 Å². The highest BCUT2D eigenvalue weighted by Gasteiger charge is 2.18. The lowest BCUT2D eigenvalue weighted by molar-refractivity contribution is 0.655. The molecule has 0 bridgehead atoms. The number of nitrogens with one attached hydrogen (secondary N) is 1. The van der Waals surface area contributed by atoms with Crippen molar-refractivity contribution < 1.29 is 0 Å². The second kappa shape index (κ2) is 7.55. The van der Waals surface area contributed by atoms with Gasteiger partial charge in [0.2, 0.25) is 5.95 Å². The van der Waals surface area contributed by atoms with Crippen molar-refractivity contribution >= 4 is 23.3 Å². The molecule has 9 heteroatoms. The monoisotopic (exact) mass is 389 g/mol. The Labute approximate surface area is 165 Å². The first-order valence-electron chi connectivity index (χ1n) is 8.95. The van der Waals surface area contributed by atoms with Crippen molar-refractivity contribution in [3.05, 3.63) is 86.8 Å². The highest BCUT2D eigenvalue weighted by atomic mass is 16.2. The van der Waals surface area contributed by atoms with Gasteiger partial charge in [-0.25, -0.2) is 10.2 Å². The van der Waals surface area contributed by atoms with Gasteiger partial charge in [-0.3, -0.25) is 18.9 Å². The van der Waals surface area contributed by atoms with Crippen LogP contribution in [0.4, 0.5) is 5.95 Å². The Hall–Kier alpha value is -4.01. The van der Waals surface area contributed by atoms with Crippen LogP contribution in [0.15, 0.2) is 69.5 Å². The van der Waals surface area contributed by atoms with Crippen LogP contribution >= 0.6 is 0 Å². The van der Waals surface area contributed by atoms with Gasteiger partial charge >= 0.3 is 5.69 Å². The number of hydrazone groups is 1. The Kier molecular flexibility index (Phi) is 4.78. The Morgan fingerprint density at radius 3 is 2.59 bits per heavy atom. The van der Waals surface area contributed by atoms with E-state index in [0.29, 0.717) is 17.1 Å². The summed E-state index contributed by atoms with van der Waals surface area (Å²) < 4.78 is 4.18. The van der Waals surface area contributed by atoms with E-state index in [4.69, 9.17) is 0 Å². The number of anilines is 1. The standard InChI is InChI=1S/C20H19N7O2/c1-25-16-17(23-19(25)24-22-12-15-9-6-10-21-11-15)26(2)20(29)27(18(16)28)13-14-7-4-3-5-8-14/h3-12H,13H2,1-2H3,(H,23,24)/b22-12-. The summed E-state index contributed by atoms with van der Waals surface area (Å²) in [4.78, 5) is 34.2. The van der Waals surface area contributed by atoms with Gasteiger partial charge < -0.3 is 4.57 Å². The van der Waals surface area contributed by atoms with Crippen molar-refractivity contribution in [2.45, 2.75) is 6.54 Å². The molecule has 0 amide bonds. The third-order valence-electron chi connectivity index (χ3n) is 4.61. The number of hydrogen-bond donors (Lipinski definition) is 1. The van der Waals surface area contributed by atoms with Crippen molar-refractivity contribution in [2.24, 2.45) is 19.2 Å². The summed E-state index contributed by atoms with van der Waals surface area (Å²) in [6.07, 6.45) is 4.95. The van der Waals surface area contributed by atoms with E-state index in [1.807, 2.05) is 36.4 Å². The fraction of sp³-hybridized carbons (Fsp3) is 0.150. The van der Waals surface area contributed by atoms with Crippen molar-refractivity contribution in [1.29, 1.82) is 0 Å². The topological polar surface area (TPSA) is 99.1 Å². The maximum Gasteiger partial charge on any atom is 0.332 e. The SMILES string of the molecule is Cn1c(N/N=C\c2cccnc2)nc2c1c(=O)n(Cc1ccccc1)c(=O)n2C. The Balaban J connectivity index is 1.74. The normalized spacial score (nSPS) is 11.4. The Morgan fingerprint density at radius 2 is 1.86 bits per heavy atom. The number of benzene rings is 1. The molecule has 4 rings (SSSR count). The summed E-state index contributed by atoms with van der Waals surface area (Å²) in [5.74, 6) is 0.352. The lowest BCUT2D eigenvalue weighted by Crippen LogP contribution is -2.39. The predicted octanol–water partition coefficient (Wildman–Crippen LogP) is 1.32. The third-order valence-corrected chi connectivity index (χ3v) is 4.61. The van der Waals surface area contributed by atoms with Gasteiger partial charge in [0.25, 0.3) is 5.56 Å². The van der Waals surface area contributed by atoms with E-state index >= 15 is 0 Å². The maximum atomic E-state index is 13.0. The second-order valence-corrected chi connectivity index (χ2v) is 6.54. The average Bonchev–Trinajstić information content (AvgIpc) is 3.08. The third kappa shape index (κ3) is 3.45. The van der Waals surface area contributed by atoms with Crippen molar-refractivity contribution in [3.63, 3.8) is 0 Å². The lowest BCUT2D eigenvalue weighted by Gasteiger charge is -2.08. The molecule has 0 aliphatic rings. The molecule has 0 spiro atoms. The first-order chi connectivity index (χ1) is 14.1. The van der Waals surface area contributed by atoms with Gasteiger partial charge in [-0.1, -0.05) is 36.4 Å². The molecule has 3 heterocycles. The molecule has 1 N–H and O–H groups in total. The molecular formula is C20H19N7O2. The number of imidazole rings is 1. The molecule has 0 saturated heterocycles. The Morgan fingerprint density at radius 1 is 1.07 bits per heavy atom. The minimum Gasteiger partial charge on any atom is -0.306 e. The van der Waals surface area contributed by atoms with Crippen LogP contribution in [0, 0.1) is 0 Å². The van der Waals surface area contributed by atoms with Crippen LogP contribution in [0.3, 0.4) is 0 Å². The van der Waals surface area contributed by atoms with Crippen LogP contribution in [0.2, 0.25) is 0 Å². The van der Waals surface area contributed by atoms with Gasteiger partial charge in [-0.2, -0.15) is 10.1 Å². The summed E-state index contributed by atoms with van der Waals surface area (Å²) in [7, 11) is 3.30. The molecular weight excluding hydrogens is 370 g/mol. The largest absolute Gasteiger partial charge is 0.332 e. The molecule has 0 saturated carbocycles. The van der Waals surface area contributed by atoms with Crippen LogP contribution in [-0.4, -0.2) is 29.9 Å². The minimum absolute atomic E-state index is 0.190. The van der Waals surface area contributed by atoms with Gasteiger partial charge in [-0.05, 0) is 11.6 Å². The van der Waals surface area contributed by atoms with E-state index in [0.717, 1.165) is 11.1 Å². The summed E-state index contributed by atoms with van der Waals surface area (Å²) in [5.41, 5.74) is 4.31. The molecule has 0 aliphatic heterocycles. The highest BCUT2D eigenvalue weighted by molar-refractivity contribution is 5.80. The van der Waals surface area contributed by atoms with Gasteiger partial charge in [-0.15, -0.1) is 0 Å². The van der Waals surface area contributed by atoms with Crippen LogP contribution < -0.4 is 16.7 Å². The quantitative estimate of drug-likeness (QED) is 0.410. The smallest absolute Gasteiger partial charge is 0.306 e. The zero-order valence-corrected chi connectivity index (χ0v) is 16.0. The minimum atomic E-state index is -0.421. The van der Waals surface area contributed by atoms with E-state index in [-0.39, 0.29) is 6.54 Å². The van der Waals surface area contributed by atoms with Gasteiger partial charge in [0, 0.05) is 32.1 Å². The Bertz CT molecular complexity index is 1300. The molecule has 146 valence electrons. The molecule has 0 unspecified atom stereocenters. The molecule has 3 aromatic heterocycles. The van der Waals surface area contributed by atoms with Gasteiger partial charge in [0.05, 0.1) is 12.8 Å². The summed E-state index contributed by atoms with van der Waals surface area (Å²) in [6.45, 7) is 0.190. The molecule has 4 aromatic rings. The second-order valence-electron chi connectivity index (χ2n) is 6.54. The number of aromatic nitrogens is 5. The first kappa shape index (κ1) is 18.4. The molecule has 29 heavy (non-hydrogen) atoms. The van der Waals surface area contributed by atoms with E-state index < -0.39 is 11.2 Å². The number of pyridine rings is 1. The van der Waals surface area contributed by atoms with Crippen molar-refractivity contribution in [2.75, 3.05) is 5.43 Å². The lowest BCUT2D eigenvalue weighted by atomic mass is 10.2. The average molecular weight is 389 g/mol. The van der Waals surface area contributed by atoms with Crippen LogP contribution in [-0.2, 0) is 20.6 Å². The van der Waals surface area contributed by atoms with Crippen molar-refractivity contribution in [3.8, 4) is 0 Å². The van der Waals surface area contributed by atoms with E-state index in [1.165, 1.54) is 9.13 Å². The molecule has 0 aliphatic carbocycles. The zero-order valence-electron chi connectivity index (χ0n) is 16.0. The van der Waals surface area contributed by atoms with E-state index in [9.17, 15) is 9.59 Å². The van der Waals surface area contributed by atoms with Crippen LogP contribution in [0.5, 0.6) is 0 Å². The molecule has 1 aromatic carbocycles. The summed E-state index contributed by atoms with van der Waals surface area (Å²) in [6, 6.07) is 13.0.